The molecule has 16 heavy (non-hydrogen) atoms. The highest BCUT2D eigenvalue weighted by Crippen LogP contribution is 2.25. The molecule has 0 radical (unpaired) electrons. The first-order valence-corrected chi connectivity index (χ1v) is 5.54. The van der Waals surface area contributed by atoms with Crippen LogP contribution in [-0.2, 0) is 10.3 Å². The van der Waals surface area contributed by atoms with Crippen LogP contribution in [0.2, 0.25) is 0 Å². The van der Waals surface area contributed by atoms with E-state index in [1.165, 1.54) is 5.56 Å². The third-order valence-electron chi connectivity index (χ3n) is 2.45. The Balaban J connectivity index is 2.78. The smallest absolute Gasteiger partial charge is 0.119 e. The first-order valence-electron chi connectivity index (χ1n) is 5.54. The van der Waals surface area contributed by atoms with Crippen molar-refractivity contribution in [1.29, 1.82) is 0 Å². The van der Waals surface area contributed by atoms with Gasteiger partial charge in [-0.2, -0.15) is 0 Å². The Morgan fingerprint density at radius 1 is 1.19 bits per heavy atom. The third kappa shape index (κ3) is 3.51. The Hall–Kier alpha value is -1.06. The van der Waals surface area contributed by atoms with E-state index in [-0.39, 0.29) is 11.5 Å². The topological polar surface area (TPSA) is 44.5 Å². The predicted octanol–water partition coefficient (Wildman–Crippen LogP) is 2.64. The molecule has 0 heterocycles. The van der Waals surface area contributed by atoms with Crippen LogP contribution >= 0.6 is 0 Å². The molecule has 0 saturated heterocycles. The minimum atomic E-state index is -0.0783. The Morgan fingerprint density at radius 3 is 2.19 bits per heavy atom. The van der Waals surface area contributed by atoms with E-state index in [0.29, 0.717) is 6.61 Å². The van der Waals surface area contributed by atoms with Crippen LogP contribution in [0.3, 0.4) is 0 Å². The Kier molecular flexibility index (Phi) is 4.33. The third-order valence-corrected chi connectivity index (χ3v) is 2.45. The summed E-state index contributed by atoms with van der Waals surface area (Å²) in [4.78, 5) is 4.72. The summed E-state index contributed by atoms with van der Waals surface area (Å²) in [6.45, 7) is 8.72. The first-order chi connectivity index (χ1) is 7.45. The van der Waals surface area contributed by atoms with Crippen molar-refractivity contribution in [2.75, 3.05) is 6.61 Å². The van der Waals surface area contributed by atoms with Crippen LogP contribution in [-0.4, -0.2) is 12.7 Å². The van der Waals surface area contributed by atoms with Crippen molar-refractivity contribution in [3.63, 3.8) is 0 Å². The SMILES string of the molecule is CC(C)Oc1ccc(C(C)(C)CON)cc1. The summed E-state index contributed by atoms with van der Waals surface area (Å²) in [7, 11) is 0. The minimum Gasteiger partial charge on any atom is -0.491 e. The van der Waals surface area contributed by atoms with Crippen LogP contribution in [0.15, 0.2) is 24.3 Å². The summed E-state index contributed by atoms with van der Waals surface area (Å²) >= 11 is 0. The lowest BCUT2D eigenvalue weighted by atomic mass is 9.86. The van der Waals surface area contributed by atoms with Gasteiger partial charge >= 0.3 is 0 Å². The molecule has 0 aromatic heterocycles. The second kappa shape index (κ2) is 5.32. The van der Waals surface area contributed by atoms with Gasteiger partial charge < -0.3 is 9.57 Å². The largest absolute Gasteiger partial charge is 0.491 e. The van der Waals surface area contributed by atoms with Crippen LogP contribution in [0.4, 0.5) is 0 Å². The molecule has 0 amide bonds. The molecule has 90 valence electrons. The van der Waals surface area contributed by atoms with Crippen molar-refractivity contribution >= 4 is 0 Å². The summed E-state index contributed by atoms with van der Waals surface area (Å²) in [6.07, 6.45) is 0.200. The van der Waals surface area contributed by atoms with Crippen molar-refractivity contribution in [3.05, 3.63) is 29.8 Å². The number of hydrogen-bond donors (Lipinski definition) is 1. The number of hydrogen-bond acceptors (Lipinski definition) is 3. The van der Waals surface area contributed by atoms with E-state index in [1.807, 2.05) is 26.0 Å². The van der Waals surface area contributed by atoms with Crippen molar-refractivity contribution < 1.29 is 9.57 Å². The van der Waals surface area contributed by atoms with Gasteiger partial charge in [0.2, 0.25) is 0 Å². The molecule has 0 atom stereocenters. The van der Waals surface area contributed by atoms with Crippen molar-refractivity contribution in [2.45, 2.75) is 39.2 Å². The Labute approximate surface area is 97.5 Å². The molecule has 0 aliphatic rings. The summed E-state index contributed by atoms with van der Waals surface area (Å²) in [6, 6.07) is 8.06. The van der Waals surface area contributed by atoms with Crippen LogP contribution in [0.5, 0.6) is 5.75 Å². The fourth-order valence-corrected chi connectivity index (χ4v) is 1.55. The fraction of sp³-hybridized carbons (Fsp3) is 0.538. The van der Waals surface area contributed by atoms with Crippen LogP contribution < -0.4 is 10.6 Å². The Bertz CT molecular complexity index is 317. The maximum Gasteiger partial charge on any atom is 0.119 e. The maximum atomic E-state index is 5.59. The van der Waals surface area contributed by atoms with Crippen LogP contribution in [0.25, 0.3) is 0 Å². The second-order valence-electron chi connectivity index (χ2n) is 4.89. The molecule has 2 N–H and O–H groups in total. The predicted molar refractivity (Wildman–Crippen MR) is 65.4 cm³/mol. The van der Waals surface area contributed by atoms with E-state index < -0.39 is 0 Å². The molecule has 0 spiro atoms. The van der Waals surface area contributed by atoms with Crippen molar-refractivity contribution in [2.24, 2.45) is 5.90 Å². The van der Waals surface area contributed by atoms with E-state index in [0.717, 1.165) is 5.75 Å². The van der Waals surface area contributed by atoms with E-state index in [4.69, 9.17) is 15.5 Å². The molecular weight excluding hydrogens is 202 g/mol. The lowest BCUT2D eigenvalue weighted by molar-refractivity contribution is 0.0964. The van der Waals surface area contributed by atoms with Gasteiger partial charge in [0.25, 0.3) is 0 Å². The van der Waals surface area contributed by atoms with Gasteiger partial charge in [0, 0.05) is 5.41 Å². The van der Waals surface area contributed by atoms with E-state index in [2.05, 4.69) is 26.0 Å². The molecule has 3 nitrogen and oxygen atoms in total. The molecule has 1 aromatic rings. The van der Waals surface area contributed by atoms with Gasteiger partial charge in [-0.25, -0.2) is 5.90 Å². The summed E-state index contributed by atoms with van der Waals surface area (Å²) in [5, 5.41) is 0. The highest BCUT2D eigenvalue weighted by molar-refractivity contribution is 5.31. The van der Waals surface area contributed by atoms with Gasteiger partial charge in [0.1, 0.15) is 5.75 Å². The molecule has 0 bridgehead atoms. The summed E-state index contributed by atoms with van der Waals surface area (Å²) in [5.41, 5.74) is 1.11. The molecule has 0 aliphatic heterocycles. The molecule has 1 rings (SSSR count). The van der Waals surface area contributed by atoms with Gasteiger partial charge in [-0.05, 0) is 31.5 Å². The van der Waals surface area contributed by atoms with Gasteiger partial charge in [0.05, 0.1) is 12.7 Å². The van der Waals surface area contributed by atoms with Gasteiger partial charge in [-0.15, -0.1) is 0 Å². The van der Waals surface area contributed by atoms with E-state index in [9.17, 15) is 0 Å². The molecule has 0 fully saturated rings. The quantitative estimate of drug-likeness (QED) is 0.780. The maximum absolute atomic E-state index is 5.59. The number of nitrogens with two attached hydrogens (primary N) is 1. The highest BCUT2D eigenvalue weighted by Gasteiger charge is 2.20. The first kappa shape index (κ1) is 13.0. The van der Waals surface area contributed by atoms with E-state index in [1.54, 1.807) is 0 Å². The molecule has 0 unspecified atom stereocenters. The van der Waals surface area contributed by atoms with Crippen molar-refractivity contribution in [1.82, 2.24) is 0 Å². The number of benzene rings is 1. The number of rotatable bonds is 5. The average molecular weight is 223 g/mol. The van der Waals surface area contributed by atoms with Gasteiger partial charge in [0.15, 0.2) is 0 Å². The van der Waals surface area contributed by atoms with Gasteiger partial charge in [-0.1, -0.05) is 26.0 Å². The number of ether oxygens (including phenoxy) is 1. The summed E-state index contributed by atoms with van der Waals surface area (Å²) in [5.74, 6) is 6.01. The normalized spacial score (nSPS) is 11.9. The highest BCUT2D eigenvalue weighted by atomic mass is 16.6. The zero-order valence-corrected chi connectivity index (χ0v) is 10.5. The lowest BCUT2D eigenvalue weighted by Gasteiger charge is -2.24. The van der Waals surface area contributed by atoms with Gasteiger partial charge in [-0.3, -0.25) is 0 Å². The molecule has 0 aliphatic carbocycles. The second-order valence-corrected chi connectivity index (χ2v) is 4.89. The van der Waals surface area contributed by atoms with Crippen LogP contribution in [0.1, 0.15) is 33.3 Å². The Morgan fingerprint density at radius 2 is 1.75 bits per heavy atom. The standard InChI is InChI=1S/C13H21NO2/c1-10(2)16-12-7-5-11(6-8-12)13(3,4)9-15-14/h5-8,10H,9,14H2,1-4H3. The molecule has 3 heteroatoms. The van der Waals surface area contributed by atoms with E-state index >= 15 is 0 Å². The molecule has 0 saturated carbocycles. The zero-order valence-electron chi connectivity index (χ0n) is 10.5. The fourth-order valence-electron chi connectivity index (χ4n) is 1.55. The minimum absolute atomic E-state index is 0.0783. The molecule has 1 aromatic carbocycles. The average Bonchev–Trinajstić information content (AvgIpc) is 2.17. The van der Waals surface area contributed by atoms with Crippen LogP contribution in [0, 0.1) is 0 Å². The summed E-state index contributed by atoms with van der Waals surface area (Å²) < 4.78 is 5.59. The van der Waals surface area contributed by atoms with Crippen molar-refractivity contribution in [3.8, 4) is 5.75 Å². The lowest BCUT2D eigenvalue weighted by Crippen LogP contribution is -2.26. The molecular formula is C13H21NO2. The zero-order chi connectivity index (χ0) is 12.2. The monoisotopic (exact) mass is 223 g/mol.